The van der Waals surface area contributed by atoms with Crippen LogP contribution in [0.1, 0.15) is 10.4 Å². The molecule has 2 aromatic rings. The highest BCUT2D eigenvalue weighted by atomic mass is 79.9. The van der Waals surface area contributed by atoms with E-state index in [2.05, 4.69) is 42.5 Å². The summed E-state index contributed by atoms with van der Waals surface area (Å²) in [5.74, 6) is -0.348. The number of rotatable bonds is 2. The summed E-state index contributed by atoms with van der Waals surface area (Å²) < 4.78 is 0.959. The van der Waals surface area contributed by atoms with E-state index in [1.54, 1.807) is 18.2 Å². The molecule has 0 aromatic heterocycles. The predicted molar refractivity (Wildman–Crippen MR) is 104 cm³/mol. The van der Waals surface area contributed by atoms with Gasteiger partial charge in [-0.3, -0.25) is 10.1 Å². The minimum Gasteiger partial charge on any atom is -0.506 e. The van der Waals surface area contributed by atoms with Crippen molar-refractivity contribution in [2.24, 2.45) is 0 Å². The number of phenolic OH excluding ortho intramolecular Hbond substituents is 1. The SMILES string of the molecule is O=C(NC(=S)Nc1cc(Br)c(O)c(Br)c1)c1ccc(Cl)c(Cl)c1. The van der Waals surface area contributed by atoms with Crippen molar-refractivity contribution >= 4 is 84.0 Å². The highest BCUT2D eigenvalue weighted by Crippen LogP contribution is 2.35. The number of anilines is 1. The van der Waals surface area contributed by atoms with Crippen molar-refractivity contribution in [2.75, 3.05) is 5.32 Å². The van der Waals surface area contributed by atoms with Crippen LogP contribution in [0.25, 0.3) is 0 Å². The molecule has 120 valence electrons. The van der Waals surface area contributed by atoms with Crippen molar-refractivity contribution in [1.29, 1.82) is 0 Å². The fraction of sp³-hybridized carbons (Fsp3) is 0. The molecule has 0 fully saturated rings. The van der Waals surface area contributed by atoms with Gasteiger partial charge < -0.3 is 10.4 Å². The summed E-state index contributed by atoms with van der Waals surface area (Å²) in [5.41, 5.74) is 0.914. The summed E-state index contributed by atoms with van der Waals surface area (Å²) in [6, 6.07) is 7.77. The van der Waals surface area contributed by atoms with Crippen LogP contribution in [0, 0.1) is 0 Å². The number of halogens is 4. The van der Waals surface area contributed by atoms with Gasteiger partial charge in [0.15, 0.2) is 5.11 Å². The van der Waals surface area contributed by atoms with Crippen molar-refractivity contribution in [3.05, 3.63) is 54.9 Å². The molecule has 0 spiro atoms. The largest absolute Gasteiger partial charge is 0.506 e. The van der Waals surface area contributed by atoms with Crippen LogP contribution in [0.2, 0.25) is 10.0 Å². The van der Waals surface area contributed by atoms with E-state index in [0.717, 1.165) is 0 Å². The molecular weight excluding hydrogens is 491 g/mol. The molecule has 0 aliphatic heterocycles. The molecule has 2 aromatic carbocycles. The Morgan fingerprint density at radius 2 is 1.70 bits per heavy atom. The molecule has 1 amide bonds. The Bertz CT molecular complexity index is 779. The molecule has 2 rings (SSSR count). The van der Waals surface area contributed by atoms with Gasteiger partial charge in [-0.2, -0.15) is 0 Å². The maximum atomic E-state index is 12.1. The van der Waals surface area contributed by atoms with Gasteiger partial charge in [0, 0.05) is 11.3 Å². The van der Waals surface area contributed by atoms with Crippen LogP contribution < -0.4 is 10.6 Å². The number of hydrogen-bond acceptors (Lipinski definition) is 3. The standard InChI is InChI=1S/C14H8Br2Cl2N2O2S/c15-8-4-7(5-9(16)12(8)21)19-14(23)20-13(22)6-1-2-10(17)11(18)3-6/h1-5,21H,(H2,19,20,22,23). The van der Waals surface area contributed by atoms with Crippen molar-refractivity contribution < 1.29 is 9.90 Å². The van der Waals surface area contributed by atoms with Crippen molar-refractivity contribution in [3.63, 3.8) is 0 Å². The molecule has 4 nitrogen and oxygen atoms in total. The number of benzene rings is 2. The zero-order valence-electron chi connectivity index (χ0n) is 11.2. The van der Waals surface area contributed by atoms with Crippen LogP contribution in [0.15, 0.2) is 39.3 Å². The normalized spacial score (nSPS) is 10.3. The minimum absolute atomic E-state index is 0.0707. The number of hydrogen-bond donors (Lipinski definition) is 3. The average Bonchev–Trinajstić information content (AvgIpc) is 2.47. The van der Waals surface area contributed by atoms with Gasteiger partial charge in [-0.05, 0) is 74.4 Å². The van der Waals surface area contributed by atoms with Gasteiger partial charge in [0.25, 0.3) is 5.91 Å². The fourth-order valence-corrected chi connectivity index (χ4v) is 3.31. The Morgan fingerprint density at radius 3 is 2.26 bits per heavy atom. The van der Waals surface area contributed by atoms with Crippen LogP contribution in [-0.2, 0) is 0 Å². The molecule has 0 heterocycles. The summed E-state index contributed by atoms with van der Waals surface area (Å²) in [5, 5.41) is 15.8. The van der Waals surface area contributed by atoms with Gasteiger partial charge in [0.1, 0.15) is 5.75 Å². The lowest BCUT2D eigenvalue weighted by molar-refractivity contribution is 0.0977. The maximum absolute atomic E-state index is 12.1. The number of carbonyl (C=O) groups excluding carboxylic acids is 1. The van der Waals surface area contributed by atoms with Gasteiger partial charge in [0.05, 0.1) is 19.0 Å². The third kappa shape index (κ3) is 4.81. The van der Waals surface area contributed by atoms with Crippen LogP contribution in [0.3, 0.4) is 0 Å². The fourth-order valence-electron chi connectivity index (χ4n) is 1.61. The molecule has 0 atom stereocenters. The molecule has 0 aliphatic carbocycles. The van der Waals surface area contributed by atoms with E-state index in [9.17, 15) is 9.90 Å². The molecule has 9 heteroatoms. The number of phenols is 1. The number of nitrogens with one attached hydrogen (secondary N) is 2. The minimum atomic E-state index is -0.419. The summed E-state index contributed by atoms with van der Waals surface area (Å²) in [6.45, 7) is 0. The lowest BCUT2D eigenvalue weighted by Crippen LogP contribution is -2.34. The Labute approximate surface area is 164 Å². The molecule has 23 heavy (non-hydrogen) atoms. The number of amides is 1. The van der Waals surface area contributed by atoms with E-state index in [4.69, 9.17) is 35.4 Å². The second-order valence-electron chi connectivity index (χ2n) is 4.33. The molecule has 0 saturated heterocycles. The second kappa shape index (κ2) is 7.81. The summed E-state index contributed by atoms with van der Waals surface area (Å²) in [4.78, 5) is 12.1. The van der Waals surface area contributed by atoms with E-state index in [1.807, 2.05) is 0 Å². The number of carbonyl (C=O) groups is 1. The first-order valence-corrected chi connectivity index (χ1v) is 8.78. The van der Waals surface area contributed by atoms with Crippen molar-refractivity contribution in [3.8, 4) is 5.75 Å². The van der Waals surface area contributed by atoms with Crippen molar-refractivity contribution in [2.45, 2.75) is 0 Å². The van der Waals surface area contributed by atoms with E-state index in [-0.39, 0.29) is 15.9 Å². The Kier molecular flexibility index (Phi) is 6.27. The predicted octanol–water partition coefficient (Wildman–Crippen LogP) is 5.35. The highest BCUT2D eigenvalue weighted by molar-refractivity contribution is 9.11. The van der Waals surface area contributed by atoms with Gasteiger partial charge >= 0.3 is 0 Å². The quantitative estimate of drug-likeness (QED) is 0.386. The third-order valence-corrected chi connectivity index (χ3v) is 4.84. The van der Waals surface area contributed by atoms with E-state index >= 15 is 0 Å². The second-order valence-corrected chi connectivity index (χ2v) is 7.26. The molecule has 0 bridgehead atoms. The number of thiocarbonyl (C=S) groups is 1. The van der Waals surface area contributed by atoms with Gasteiger partial charge in [0.2, 0.25) is 0 Å². The summed E-state index contributed by atoms with van der Waals surface area (Å²) in [7, 11) is 0. The lowest BCUT2D eigenvalue weighted by Gasteiger charge is -2.11. The Morgan fingerprint density at radius 1 is 1.09 bits per heavy atom. The van der Waals surface area contributed by atoms with Crippen LogP contribution >= 0.6 is 67.3 Å². The van der Waals surface area contributed by atoms with E-state index < -0.39 is 5.91 Å². The van der Waals surface area contributed by atoms with Crippen molar-refractivity contribution in [1.82, 2.24) is 5.32 Å². The molecule has 3 N–H and O–H groups in total. The number of aromatic hydroxyl groups is 1. The zero-order valence-corrected chi connectivity index (χ0v) is 16.7. The Hall–Kier alpha value is -0.860. The molecule has 0 radical (unpaired) electrons. The van der Waals surface area contributed by atoms with Gasteiger partial charge in [-0.1, -0.05) is 23.2 Å². The van der Waals surface area contributed by atoms with Gasteiger partial charge in [-0.25, -0.2) is 0 Å². The first kappa shape index (κ1) is 18.5. The summed E-state index contributed by atoms with van der Waals surface area (Å²) >= 11 is 23.2. The highest BCUT2D eigenvalue weighted by Gasteiger charge is 2.11. The van der Waals surface area contributed by atoms with Gasteiger partial charge in [-0.15, -0.1) is 0 Å². The smallest absolute Gasteiger partial charge is 0.257 e. The lowest BCUT2D eigenvalue weighted by atomic mass is 10.2. The zero-order chi connectivity index (χ0) is 17.1. The molecule has 0 unspecified atom stereocenters. The van der Waals surface area contributed by atoms with Crippen LogP contribution in [0.5, 0.6) is 5.75 Å². The average molecular weight is 499 g/mol. The topological polar surface area (TPSA) is 61.4 Å². The van der Waals surface area contributed by atoms with Crippen LogP contribution in [0.4, 0.5) is 5.69 Å². The third-order valence-electron chi connectivity index (χ3n) is 2.68. The first-order chi connectivity index (χ1) is 10.8. The summed E-state index contributed by atoms with van der Waals surface area (Å²) in [6.07, 6.45) is 0. The molecule has 0 saturated carbocycles. The molecule has 0 aliphatic rings. The first-order valence-electron chi connectivity index (χ1n) is 6.03. The molecular formula is C14H8Br2Cl2N2O2S. The van der Waals surface area contributed by atoms with E-state index in [1.165, 1.54) is 12.1 Å². The van der Waals surface area contributed by atoms with Crippen LogP contribution in [-0.4, -0.2) is 16.1 Å². The van der Waals surface area contributed by atoms with E-state index in [0.29, 0.717) is 25.2 Å². The Balaban J connectivity index is 2.07. The maximum Gasteiger partial charge on any atom is 0.257 e. The monoisotopic (exact) mass is 496 g/mol.